The molecule has 0 aromatic carbocycles. The van der Waals surface area contributed by atoms with Crippen LogP contribution in [0.2, 0.25) is 0 Å². The van der Waals surface area contributed by atoms with E-state index in [1.165, 1.54) is 29.2 Å². The molecule has 2 aromatic heterocycles. The first-order chi connectivity index (χ1) is 9.58. The van der Waals surface area contributed by atoms with Crippen LogP contribution in [0.25, 0.3) is 0 Å². The molecule has 0 unspecified atom stereocenters. The van der Waals surface area contributed by atoms with Gasteiger partial charge in [-0.05, 0) is 18.1 Å². The molecule has 2 amide bonds. The van der Waals surface area contributed by atoms with E-state index >= 15 is 0 Å². The lowest BCUT2D eigenvalue weighted by atomic mass is 10.0. The average molecular weight is 294 g/mol. The monoisotopic (exact) mass is 294 g/mol. The number of anilines is 1. The SMILES string of the molecule is CC(C)[C@@H](NC(=O)c1ccco1)C(=O)Nc1nncs1. The van der Waals surface area contributed by atoms with Gasteiger partial charge >= 0.3 is 0 Å². The molecule has 2 N–H and O–H groups in total. The van der Waals surface area contributed by atoms with Gasteiger partial charge in [0, 0.05) is 0 Å². The van der Waals surface area contributed by atoms with Crippen molar-refractivity contribution in [1.29, 1.82) is 0 Å². The fourth-order valence-electron chi connectivity index (χ4n) is 1.57. The molecule has 7 nitrogen and oxygen atoms in total. The van der Waals surface area contributed by atoms with Crippen LogP contribution in [0.4, 0.5) is 5.13 Å². The van der Waals surface area contributed by atoms with Gasteiger partial charge in [0.25, 0.3) is 5.91 Å². The maximum Gasteiger partial charge on any atom is 0.287 e. The molecule has 8 heteroatoms. The first kappa shape index (κ1) is 14.2. The van der Waals surface area contributed by atoms with Crippen LogP contribution < -0.4 is 10.6 Å². The van der Waals surface area contributed by atoms with Crippen LogP contribution >= 0.6 is 11.3 Å². The number of carbonyl (C=O) groups excluding carboxylic acids is 2. The van der Waals surface area contributed by atoms with Crippen LogP contribution in [0.1, 0.15) is 24.4 Å². The fraction of sp³-hybridized carbons (Fsp3) is 0.333. The standard InChI is InChI=1S/C12H14N4O3S/c1-7(2)9(11(18)15-12-16-13-6-20-12)14-10(17)8-4-3-5-19-8/h3-7,9H,1-2H3,(H,14,17)(H,15,16,18)/t9-/m1/s1. The largest absolute Gasteiger partial charge is 0.459 e. The number of rotatable bonds is 5. The molecule has 0 fully saturated rings. The molecule has 20 heavy (non-hydrogen) atoms. The minimum absolute atomic E-state index is 0.0816. The third kappa shape index (κ3) is 3.41. The Balaban J connectivity index is 2.03. The molecule has 2 rings (SSSR count). The Hall–Kier alpha value is -2.22. The molecule has 0 bridgehead atoms. The second-order valence-corrected chi connectivity index (χ2v) is 5.24. The molecule has 0 radical (unpaired) electrons. The van der Waals surface area contributed by atoms with Crippen LogP contribution in [0.15, 0.2) is 28.3 Å². The molecular weight excluding hydrogens is 280 g/mol. The lowest BCUT2D eigenvalue weighted by Crippen LogP contribution is -2.47. The summed E-state index contributed by atoms with van der Waals surface area (Å²) in [6.07, 6.45) is 1.40. The van der Waals surface area contributed by atoms with Crippen LogP contribution in [-0.2, 0) is 4.79 Å². The van der Waals surface area contributed by atoms with Gasteiger partial charge in [0.15, 0.2) is 5.76 Å². The van der Waals surface area contributed by atoms with Gasteiger partial charge < -0.3 is 9.73 Å². The summed E-state index contributed by atoms with van der Waals surface area (Å²) in [4.78, 5) is 24.1. The minimum Gasteiger partial charge on any atom is -0.459 e. The number of aromatic nitrogens is 2. The molecule has 0 spiro atoms. The van der Waals surface area contributed by atoms with Crippen LogP contribution in [0.5, 0.6) is 0 Å². The topological polar surface area (TPSA) is 97.1 Å². The lowest BCUT2D eigenvalue weighted by Gasteiger charge is -2.20. The van der Waals surface area contributed by atoms with Gasteiger partial charge in [0.2, 0.25) is 11.0 Å². The van der Waals surface area contributed by atoms with Crippen molar-refractivity contribution in [2.24, 2.45) is 5.92 Å². The van der Waals surface area contributed by atoms with E-state index in [0.29, 0.717) is 5.13 Å². The van der Waals surface area contributed by atoms with Gasteiger partial charge in [0.05, 0.1) is 6.26 Å². The zero-order valence-corrected chi connectivity index (χ0v) is 11.8. The Labute approximate surface area is 119 Å². The van der Waals surface area contributed by atoms with Crippen molar-refractivity contribution in [2.45, 2.75) is 19.9 Å². The van der Waals surface area contributed by atoms with Crippen molar-refractivity contribution in [3.05, 3.63) is 29.7 Å². The summed E-state index contributed by atoms with van der Waals surface area (Å²) < 4.78 is 5.00. The van der Waals surface area contributed by atoms with E-state index in [0.717, 1.165) is 0 Å². The first-order valence-corrected chi connectivity index (χ1v) is 6.87. The van der Waals surface area contributed by atoms with Crippen LogP contribution in [0.3, 0.4) is 0 Å². The van der Waals surface area contributed by atoms with E-state index in [9.17, 15) is 9.59 Å². The summed E-state index contributed by atoms with van der Waals surface area (Å²) in [5.74, 6) is -0.682. The summed E-state index contributed by atoms with van der Waals surface area (Å²) >= 11 is 1.21. The Morgan fingerprint density at radius 2 is 2.20 bits per heavy atom. The maximum atomic E-state index is 12.1. The quantitative estimate of drug-likeness (QED) is 0.871. The van der Waals surface area contributed by atoms with Gasteiger partial charge in [-0.25, -0.2) is 0 Å². The van der Waals surface area contributed by atoms with Gasteiger partial charge in [-0.2, -0.15) is 0 Å². The molecule has 0 saturated carbocycles. The van der Waals surface area contributed by atoms with E-state index in [4.69, 9.17) is 4.42 Å². The summed E-state index contributed by atoms with van der Waals surface area (Å²) in [5, 5.41) is 13.0. The highest BCUT2D eigenvalue weighted by Gasteiger charge is 2.26. The van der Waals surface area contributed by atoms with E-state index in [-0.39, 0.29) is 17.6 Å². The van der Waals surface area contributed by atoms with Gasteiger partial charge in [-0.15, -0.1) is 10.2 Å². The Morgan fingerprint density at radius 3 is 2.75 bits per heavy atom. The summed E-state index contributed by atoms with van der Waals surface area (Å²) in [5.41, 5.74) is 1.52. The molecule has 0 saturated heterocycles. The summed E-state index contributed by atoms with van der Waals surface area (Å²) in [7, 11) is 0. The fourth-order valence-corrected chi connectivity index (χ4v) is 2.01. The normalized spacial score (nSPS) is 12.2. The molecular formula is C12H14N4O3S. The maximum absolute atomic E-state index is 12.1. The van der Waals surface area contributed by atoms with Crippen LogP contribution in [0, 0.1) is 5.92 Å². The Morgan fingerprint density at radius 1 is 1.40 bits per heavy atom. The highest BCUT2D eigenvalue weighted by Crippen LogP contribution is 2.11. The van der Waals surface area contributed by atoms with E-state index < -0.39 is 11.9 Å². The predicted octanol–water partition coefficient (Wildman–Crippen LogP) is 1.52. The zero-order valence-electron chi connectivity index (χ0n) is 11.0. The predicted molar refractivity (Wildman–Crippen MR) is 73.3 cm³/mol. The Kier molecular flexibility index (Phi) is 4.46. The van der Waals surface area contributed by atoms with E-state index in [1.807, 2.05) is 13.8 Å². The molecule has 0 aliphatic carbocycles. The minimum atomic E-state index is -0.684. The van der Waals surface area contributed by atoms with Crippen molar-refractivity contribution >= 4 is 28.3 Å². The number of amides is 2. The molecule has 0 aliphatic heterocycles. The van der Waals surface area contributed by atoms with Gasteiger partial charge in [0.1, 0.15) is 11.6 Å². The molecule has 2 heterocycles. The van der Waals surface area contributed by atoms with Crippen LogP contribution in [-0.4, -0.2) is 28.1 Å². The van der Waals surface area contributed by atoms with Crippen molar-refractivity contribution in [3.63, 3.8) is 0 Å². The van der Waals surface area contributed by atoms with Crippen molar-refractivity contribution < 1.29 is 14.0 Å². The number of furan rings is 1. The lowest BCUT2D eigenvalue weighted by molar-refractivity contribution is -0.118. The molecule has 0 aliphatic rings. The first-order valence-electron chi connectivity index (χ1n) is 5.99. The second-order valence-electron chi connectivity index (χ2n) is 4.41. The number of hydrogen-bond acceptors (Lipinski definition) is 6. The van der Waals surface area contributed by atoms with Gasteiger partial charge in [-0.1, -0.05) is 25.2 Å². The number of nitrogens with one attached hydrogen (secondary N) is 2. The van der Waals surface area contributed by atoms with Crippen molar-refractivity contribution in [2.75, 3.05) is 5.32 Å². The zero-order chi connectivity index (χ0) is 14.5. The molecule has 106 valence electrons. The average Bonchev–Trinajstić information content (AvgIpc) is 3.07. The highest BCUT2D eigenvalue weighted by atomic mass is 32.1. The second kappa shape index (κ2) is 6.29. The summed E-state index contributed by atoms with van der Waals surface area (Å²) in [6, 6.07) is 2.46. The third-order valence-corrected chi connectivity index (χ3v) is 3.18. The smallest absolute Gasteiger partial charge is 0.287 e. The highest BCUT2D eigenvalue weighted by molar-refractivity contribution is 7.13. The third-order valence-electron chi connectivity index (χ3n) is 2.57. The van der Waals surface area contributed by atoms with Crippen molar-refractivity contribution in [3.8, 4) is 0 Å². The molecule has 1 atom stereocenters. The van der Waals surface area contributed by atoms with Gasteiger partial charge in [-0.3, -0.25) is 14.9 Å². The Bertz CT molecular complexity index is 566. The van der Waals surface area contributed by atoms with E-state index in [1.54, 1.807) is 6.07 Å². The number of hydrogen-bond donors (Lipinski definition) is 2. The molecule has 2 aromatic rings. The number of nitrogens with zero attached hydrogens (tertiary/aromatic N) is 2. The van der Waals surface area contributed by atoms with Crippen molar-refractivity contribution in [1.82, 2.24) is 15.5 Å². The van der Waals surface area contributed by atoms with E-state index in [2.05, 4.69) is 20.8 Å². The summed E-state index contributed by atoms with van der Waals surface area (Å²) in [6.45, 7) is 3.68. The number of carbonyl (C=O) groups is 2.